The fourth-order valence-corrected chi connectivity index (χ4v) is 16.6. The number of benzene rings is 4. The molecular weight excluding hydrogens is 931 g/mol. The second-order valence-electron chi connectivity index (χ2n) is 21.0. The van der Waals surface area contributed by atoms with Crippen molar-refractivity contribution in [3.63, 3.8) is 0 Å². The van der Waals surface area contributed by atoms with Crippen LogP contribution in [0.15, 0.2) is 90.2 Å². The number of nitrogens with two attached hydrogens (primary N) is 1. The van der Waals surface area contributed by atoms with Gasteiger partial charge in [0.15, 0.2) is 18.3 Å². The highest BCUT2D eigenvalue weighted by molar-refractivity contribution is 8.77. The highest BCUT2D eigenvalue weighted by Crippen LogP contribution is 2.63. The van der Waals surface area contributed by atoms with Crippen molar-refractivity contribution in [1.29, 1.82) is 0 Å². The number of allylic oxidation sites excluding steroid dienone is 3. The summed E-state index contributed by atoms with van der Waals surface area (Å²) in [5.41, 5.74) is 16.3. The Labute approximate surface area is 423 Å². The maximum Gasteiger partial charge on any atom is 0.302 e. The summed E-state index contributed by atoms with van der Waals surface area (Å²) in [7, 11) is 3.86. The number of phenols is 2. The summed E-state index contributed by atoms with van der Waals surface area (Å²) in [6, 6.07) is 20.2. The van der Waals surface area contributed by atoms with Gasteiger partial charge in [0.1, 0.15) is 36.1 Å². The molecule has 8 aliphatic rings. The topological polar surface area (TPSA) is 165 Å². The van der Waals surface area contributed by atoms with Gasteiger partial charge in [-0.2, -0.15) is 0 Å². The van der Waals surface area contributed by atoms with E-state index in [9.17, 15) is 20.1 Å². The first-order valence-corrected chi connectivity index (χ1v) is 27.8. The van der Waals surface area contributed by atoms with Crippen molar-refractivity contribution in [2.45, 2.75) is 125 Å². The smallest absolute Gasteiger partial charge is 0.302 e. The Morgan fingerprint density at radius 1 is 1.00 bits per heavy atom. The highest BCUT2D eigenvalue weighted by atomic mass is 33.1. The van der Waals surface area contributed by atoms with Gasteiger partial charge in [0.2, 0.25) is 0 Å². The Morgan fingerprint density at radius 3 is 2.75 bits per heavy atom. The van der Waals surface area contributed by atoms with Crippen LogP contribution in [0.4, 0.5) is 0 Å². The van der Waals surface area contributed by atoms with Crippen molar-refractivity contribution < 1.29 is 39.1 Å². The number of carbonyl (C=O) groups excluding carboxylic acids is 1. The SMILES string of the molecule is CC(=O)OC[C@H]1c2ccc3c4c2O[C@@H]1c1c(cc(O)c2c1C=C[C@H]1N[C@H]5CCC[C@@H](CSS[C@H](Cc6ccccc6)[C@H]1O2)C5)CC#CC1=C(C=CC(N)N1)C[C@@H]1CC[C@@]4(Cc2cc(O)cc(OCO)c2-3)C1. The molecule has 5 heterocycles. The summed E-state index contributed by atoms with van der Waals surface area (Å²) < 4.78 is 27.0. The van der Waals surface area contributed by atoms with Crippen LogP contribution in [-0.2, 0) is 34.2 Å². The molecule has 4 aromatic carbocycles. The fraction of sp³-hybridized carbons (Fsp3) is 0.431. The summed E-state index contributed by atoms with van der Waals surface area (Å²) in [6.45, 7) is 0.946. The van der Waals surface area contributed by atoms with E-state index in [1.165, 1.54) is 25.3 Å². The van der Waals surface area contributed by atoms with Gasteiger partial charge in [0.25, 0.3) is 0 Å². The van der Waals surface area contributed by atoms with E-state index in [4.69, 9.17) is 24.7 Å². The number of dihydropyridines is 1. The number of nitrogens with one attached hydrogen (secondary N) is 2. The van der Waals surface area contributed by atoms with E-state index in [1.54, 1.807) is 6.07 Å². The highest BCUT2D eigenvalue weighted by Gasteiger charge is 2.52. The number of rotatable bonds is 6. The molecule has 3 fully saturated rings. The monoisotopic (exact) mass is 991 g/mol. The van der Waals surface area contributed by atoms with Gasteiger partial charge in [0, 0.05) is 64.4 Å². The Balaban J connectivity index is 1.07. The summed E-state index contributed by atoms with van der Waals surface area (Å²) in [4.78, 5) is 12.9. The molecule has 3 aliphatic carbocycles. The van der Waals surface area contributed by atoms with E-state index >= 15 is 0 Å². The third kappa shape index (κ3) is 8.77. The average Bonchev–Trinajstić information content (AvgIpc) is 3.86. The number of hydrogen-bond donors (Lipinski definition) is 6. The molecular formula is C58H61N3O8S2. The number of phenolic OH excluding ortho intramolecular Hbond substituents is 2. The van der Waals surface area contributed by atoms with Crippen LogP contribution in [-0.4, -0.2) is 70.0 Å². The molecule has 1 unspecified atom stereocenters. The summed E-state index contributed by atoms with van der Waals surface area (Å²) in [5, 5.41) is 41.3. The summed E-state index contributed by atoms with van der Waals surface area (Å²) in [6.07, 6.45) is 16.9. The van der Waals surface area contributed by atoms with Crippen molar-refractivity contribution in [2.75, 3.05) is 19.2 Å². The summed E-state index contributed by atoms with van der Waals surface area (Å²) >= 11 is 0. The number of fused-ring (bicyclic) bond motifs is 11. The van der Waals surface area contributed by atoms with Crippen LogP contribution in [0.3, 0.4) is 0 Å². The van der Waals surface area contributed by atoms with Crippen molar-refractivity contribution in [2.24, 2.45) is 17.6 Å². The number of esters is 1. The van der Waals surface area contributed by atoms with Gasteiger partial charge < -0.3 is 50.6 Å². The van der Waals surface area contributed by atoms with Gasteiger partial charge in [0.05, 0.1) is 29.1 Å². The Bertz CT molecular complexity index is 2930. The summed E-state index contributed by atoms with van der Waals surface area (Å²) in [5.74, 6) is 9.90. The number of carbonyl (C=O) groups is 1. The molecule has 0 radical (unpaired) electrons. The lowest BCUT2D eigenvalue weighted by Crippen LogP contribution is -2.52. The molecule has 13 heteroatoms. The van der Waals surface area contributed by atoms with E-state index in [-0.39, 0.29) is 54.1 Å². The molecule has 11 nitrogen and oxygen atoms in total. The normalized spacial score (nSPS) is 29.8. The molecule has 12 rings (SSSR count). The number of aliphatic hydroxyl groups is 1. The predicted molar refractivity (Wildman–Crippen MR) is 278 cm³/mol. The minimum atomic E-state index is -0.683. The van der Waals surface area contributed by atoms with Crippen LogP contribution in [0.1, 0.15) is 109 Å². The van der Waals surface area contributed by atoms with Gasteiger partial charge in [-0.3, -0.25) is 4.79 Å². The first kappa shape index (κ1) is 46.6. The van der Waals surface area contributed by atoms with Crippen molar-refractivity contribution >= 4 is 33.6 Å². The minimum Gasteiger partial charge on any atom is -0.508 e. The molecule has 5 aliphatic heterocycles. The Kier molecular flexibility index (Phi) is 12.6. The first-order valence-electron chi connectivity index (χ1n) is 25.4. The molecule has 1 spiro atoms. The number of aliphatic hydroxyl groups excluding tert-OH is 1. The van der Waals surface area contributed by atoms with E-state index in [1.807, 2.05) is 39.8 Å². The van der Waals surface area contributed by atoms with E-state index in [0.717, 1.165) is 112 Å². The van der Waals surface area contributed by atoms with Crippen LogP contribution < -0.4 is 30.6 Å². The van der Waals surface area contributed by atoms with Gasteiger partial charge in [-0.1, -0.05) is 94.6 Å². The number of hydrogen-bond acceptors (Lipinski definition) is 13. The standard InChI is InChI=1S/C58H61N3O8S2/c1-32(63)66-29-44-41-14-15-42-51-38(24-40(64)26-48(51)67-31-62)28-58-20-19-34(27-58)21-36-13-18-50(59)61-45(36)12-6-10-37-25-47(65)54-43(52(37)55(44)69-56(41)53(42)58)16-17-46-57(68-54)49(23-33-7-3-2-4-8-33)71-70-30-35-9-5-11-39(22-35)60-46/h2-4,7-8,13-18,24-26,34-35,39,44,46,49-50,55,57,60-62,64-65H,5,9-11,19-23,27-31,59H2,1H3/t34-,35+,39-,44-,46+,49+,50?,55-,57-,58-/m0/s1. The molecule has 10 atom stereocenters. The lowest BCUT2D eigenvalue weighted by atomic mass is 9.65. The zero-order chi connectivity index (χ0) is 48.4. The minimum absolute atomic E-state index is 0.0346. The molecule has 4 aromatic rings. The molecule has 2 saturated carbocycles. The fourth-order valence-electron chi connectivity index (χ4n) is 13.4. The average molecular weight is 992 g/mol. The second kappa shape index (κ2) is 19.2. The van der Waals surface area contributed by atoms with E-state index in [2.05, 4.69) is 83.2 Å². The van der Waals surface area contributed by atoms with Gasteiger partial charge in [-0.15, -0.1) is 0 Å². The third-order valence-electron chi connectivity index (χ3n) is 16.4. The molecule has 6 bridgehead atoms. The predicted octanol–water partition coefficient (Wildman–Crippen LogP) is 9.41. The maximum atomic E-state index is 12.9. The molecule has 71 heavy (non-hydrogen) atoms. The second-order valence-corrected chi connectivity index (χ2v) is 23.6. The van der Waals surface area contributed by atoms with Crippen molar-refractivity contribution in [1.82, 2.24) is 10.6 Å². The van der Waals surface area contributed by atoms with Crippen LogP contribution >= 0.6 is 21.6 Å². The van der Waals surface area contributed by atoms with E-state index in [0.29, 0.717) is 35.8 Å². The number of ether oxygens (including phenoxy) is 4. The molecule has 7 N–H and O–H groups in total. The lowest BCUT2D eigenvalue weighted by Gasteiger charge is -2.39. The molecule has 0 aromatic heterocycles. The quantitative estimate of drug-likeness (QED) is 0.0469. The molecule has 368 valence electrons. The van der Waals surface area contributed by atoms with E-state index < -0.39 is 24.2 Å². The lowest BCUT2D eigenvalue weighted by molar-refractivity contribution is -0.141. The van der Waals surface area contributed by atoms with Crippen molar-refractivity contribution in [3.05, 3.63) is 129 Å². The third-order valence-corrected chi connectivity index (χ3v) is 19.4. The van der Waals surface area contributed by atoms with Gasteiger partial charge >= 0.3 is 5.97 Å². The Morgan fingerprint density at radius 2 is 1.89 bits per heavy atom. The van der Waals surface area contributed by atoms with Gasteiger partial charge in [-0.25, -0.2) is 0 Å². The van der Waals surface area contributed by atoms with Crippen LogP contribution in [0, 0.1) is 23.7 Å². The van der Waals surface area contributed by atoms with Crippen LogP contribution in [0.5, 0.6) is 28.7 Å². The van der Waals surface area contributed by atoms with Crippen LogP contribution in [0.25, 0.3) is 17.2 Å². The first-order chi connectivity index (χ1) is 34.6. The Hall–Kier alpha value is -5.49. The zero-order valence-electron chi connectivity index (χ0n) is 40.0. The number of aromatic hydroxyl groups is 2. The molecule has 0 amide bonds. The molecule has 1 saturated heterocycles. The van der Waals surface area contributed by atoms with Crippen LogP contribution in [0.2, 0.25) is 0 Å². The van der Waals surface area contributed by atoms with Crippen molar-refractivity contribution in [3.8, 4) is 51.7 Å². The van der Waals surface area contributed by atoms with Gasteiger partial charge in [-0.05, 0) is 122 Å². The maximum absolute atomic E-state index is 12.9. The zero-order valence-corrected chi connectivity index (χ0v) is 41.6. The largest absolute Gasteiger partial charge is 0.508 e.